The average Bonchev–Trinajstić information content (AvgIpc) is 3.01. The Morgan fingerprint density at radius 2 is 1.83 bits per heavy atom. The Balaban J connectivity index is 1.35. The van der Waals surface area contributed by atoms with Crippen molar-refractivity contribution < 1.29 is 9.84 Å². The maximum Gasteiger partial charge on any atom is 0.119 e. The topological polar surface area (TPSA) is 53.8 Å². The second-order valence-corrected chi connectivity index (χ2v) is 6.38. The lowest BCUT2D eigenvalue weighted by Gasteiger charge is -2.35. The number of aliphatic hydroxyl groups excluding tert-OH is 1. The summed E-state index contributed by atoms with van der Waals surface area (Å²) in [6.45, 7) is 5.92. The molecule has 1 aliphatic rings. The van der Waals surface area contributed by atoms with Gasteiger partial charge in [0.2, 0.25) is 0 Å². The van der Waals surface area contributed by atoms with Crippen molar-refractivity contribution in [2.75, 3.05) is 39.3 Å². The van der Waals surface area contributed by atoms with Crippen molar-refractivity contribution >= 4 is 0 Å². The quantitative estimate of drug-likeness (QED) is 0.820. The van der Waals surface area contributed by atoms with Gasteiger partial charge in [-0.3, -0.25) is 14.5 Å². The lowest BCUT2D eigenvalue weighted by Crippen LogP contribution is -2.48. The summed E-state index contributed by atoms with van der Waals surface area (Å²) in [5.74, 6) is 0.804. The summed E-state index contributed by atoms with van der Waals surface area (Å²) in [5.41, 5.74) is 1.25. The molecule has 0 radical (unpaired) electrons. The summed E-state index contributed by atoms with van der Waals surface area (Å²) in [6, 6.07) is 9.63. The van der Waals surface area contributed by atoms with Gasteiger partial charge in [-0.05, 0) is 12.1 Å². The first kappa shape index (κ1) is 17.0. The summed E-state index contributed by atoms with van der Waals surface area (Å²) in [5, 5.41) is 14.4. The van der Waals surface area contributed by atoms with Crippen LogP contribution in [0.2, 0.25) is 0 Å². The van der Waals surface area contributed by atoms with Crippen LogP contribution in [0.5, 0.6) is 5.75 Å². The largest absolute Gasteiger partial charge is 0.491 e. The van der Waals surface area contributed by atoms with Gasteiger partial charge in [0, 0.05) is 58.1 Å². The van der Waals surface area contributed by atoms with E-state index in [4.69, 9.17) is 4.74 Å². The van der Waals surface area contributed by atoms with Gasteiger partial charge in [-0.2, -0.15) is 5.10 Å². The first-order valence-corrected chi connectivity index (χ1v) is 8.47. The fourth-order valence-corrected chi connectivity index (χ4v) is 3.00. The Labute approximate surface area is 143 Å². The Bertz CT molecular complexity index is 608. The molecule has 0 bridgehead atoms. The second-order valence-electron chi connectivity index (χ2n) is 6.38. The number of nitrogens with zero attached hydrogens (tertiary/aromatic N) is 4. The van der Waals surface area contributed by atoms with Gasteiger partial charge in [-0.1, -0.05) is 18.2 Å². The highest BCUT2D eigenvalue weighted by atomic mass is 16.5. The molecule has 6 heteroatoms. The number of hydrogen-bond acceptors (Lipinski definition) is 5. The van der Waals surface area contributed by atoms with E-state index in [9.17, 15) is 5.11 Å². The maximum absolute atomic E-state index is 10.2. The minimum Gasteiger partial charge on any atom is -0.491 e. The van der Waals surface area contributed by atoms with Gasteiger partial charge in [-0.25, -0.2) is 0 Å². The fourth-order valence-electron chi connectivity index (χ4n) is 3.00. The monoisotopic (exact) mass is 330 g/mol. The number of rotatable bonds is 7. The van der Waals surface area contributed by atoms with Crippen LogP contribution in [0, 0.1) is 0 Å². The molecule has 3 rings (SSSR count). The van der Waals surface area contributed by atoms with Crippen LogP contribution >= 0.6 is 0 Å². The molecule has 1 saturated heterocycles. The number of aryl methyl sites for hydroxylation is 1. The first-order chi connectivity index (χ1) is 11.7. The summed E-state index contributed by atoms with van der Waals surface area (Å²) >= 11 is 0. The smallest absolute Gasteiger partial charge is 0.119 e. The molecule has 1 N–H and O–H groups in total. The average molecular weight is 330 g/mol. The molecule has 2 aromatic rings. The van der Waals surface area contributed by atoms with E-state index in [1.54, 1.807) is 0 Å². The van der Waals surface area contributed by atoms with E-state index in [0.717, 1.165) is 38.5 Å². The molecule has 1 atom stereocenters. The van der Waals surface area contributed by atoms with Gasteiger partial charge in [0.05, 0.1) is 6.20 Å². The number of piperazine rings is 1. The minimum absolute atomic E-state index is 0.333. The molecule has 1 fully saturated rings. The van der Waals surface area contributed by atoms with E-state index >= 15 is 0 Å². The zero-order valence-corrected chi connectivity index (χ0v) is 14.2. The van der Waals surface area contributed by atoms with Gasteiger partial charge < -0.3 is 9.84 Å². The normalized spacial score (nSPS) is 17.8. The second kappa shape index (κ2) is 8.28. The number of aliphatic hydroxyl groups is 1. The Morgan fingerprint density at radius 3 is 2.50 bits per heavy atom. The van der Waals surface area contributed by atoms with Crippen molar-refractivity contribution in [3.8, 4) is 5.75 Å². The maximum atomic E-state index is 10.2. The molecular weight excluding hydrogens is 304 g/mol. The van der Waals surface area contributed by atoms with E-state index in [1.165, 1.54) is 5.56 Å². The van der Waals surface area contributed by atoms with Crippen molar-refractivity contribution in [1.82, 2.24) is 19.6 Å². The van der Waals surface area contributed by atoms with Crippen LogP contribution in [0.3, 0.4) is 0 Å². The fraction of sp³-hybridized carbons (Fsp3) is 0.500. The van der Waals surface area contributed by atoms with Crippen molar-refractivity contribution in [3.05, 3.63) is 48.3 Å². The van der Waals surface area contributed by atoms with Gasteiger partial charge in [0.25, 0.3) is 0 Å². The molecule has 1 aromatic heterocycles. The zero-order chi connectivity index (χ0) is 16.8. The highest BCUT2D eigenvalue weighted by Crippen LogP contribution is 2.10. The van der Waals surface area contributed by atoms with Gasteiger partial charge in [0.15, 0.2) is 0 Å². The van der Waals surface area contributed by atoms with Crippen molar-refractivity contribution in [3.63, 3.8) is 0 Å². The van der Waals surface area contributed by atoms with E-state index in [-0.39, 0.29) is 0 Å². The molecule has 24 heavy (non-hydrogen) atoms. The highest BCUT2D eigenvalue weighted by Gasteiger charge is 2.19. The summed E-state index contributed by atoms with van der Waals surface area (Å²) in [7, 11) is 1.94. The Morgan fingerprint density at radius 1 is 1.12 bits per heavy atom. The zero-order valence-electron chi connectivity index (χ0n) is 14.2. The molecule has 0 spiro atoms. The van der Waals surface area contributed by atoms with E-state index in [2.05, 4.69) is 21.1 Å². The van der Waals surface area contributed by atoms with Crippen LogP contribution in [0.15, 0.2) is 42.7 Å². The molecule has 1 aromatic carbocycles. The van der Waals surface area contributed by atoms with Gasteiger partial charge >= 0.3 is 0 Å². The third kappa shape index (κ3) is 5.06. The predicted octanol–water partition coefficient (Wildman–Crippen LogP) is 0.978. The number of benzene rings is 1. The number of β-amino-alcohol motifs (C(OH)–C–C–N with tert-alkyl or cyclic N) is 1. The highest BCUT2D eigenvalue weighted by molar-refractivity contribution is 5.20. The van der Waals surface area contributed by atoms with Crippen molar-refractivity contribution in [2.24, 2.45) is 7.05 Å². The van der Waals surface area contributed by atoms with E-state index < -0.39 is 6.10 Å². The lowest BCUT2D eigenvalue weighted by molar-refractivity contribution is 0.0446. The Kier molecular flexibility index (Phi) is 5.85. The van der Waals surface area contributed by atoms with Crippen LogP contribution in [-0.2, 0) is 13.6 Å². The van der Waals surface area contributed by atoms with Crippen LogP contribution in [0.4, 0.5) is 0 Å². The number of para-hydroxylation sites is 1. The SMILES string of the molecule is Cn1cc(CN2CCN(C[C@H](O)COc3ccccc3)CC2)cn1. The molecule has 0 unspecified atom stereocenters. The van der Waals surface area contributed by atoms with Gasteiger partial charge in [0.1, 0.15) is 18.5 Å². The third-order valence-electron chi connectivity index (χ3n) is 4.28. The number of ether oxygens (including phenoxy) is 1. The molecule has 6 nitrogen and oxygen atoms in total. The standard InChI is InChI=1S/C18H26N4O2/c1-20-12-16(11-19-20)13-21-7-9-22(10-8-21)14-17(23)15-24-18-5-3-2-4-6-18/h2-6,11-12,17,23H,7-10,13-15H2,1H3/t17-/m0/s1. The molecule has 0 aliphatic carbocycles. The summed E-state index contributed by atoms with van der Waals surface area (Å²) < 4.78 is 7.46. The summed E-state index contributed by atoms with van der Waals surface area (Å²) in [6.07, 6.45) is 3.53. The van der Waals surface area contributed by atoms with Gasteiger partial charge in [-0.15, -0.1) is 0 Å². The Hall–Kier alpha value is -1.89. The molecular formula is C18H26N4O2. The third-order valence-corrected chi connectivity index (χ3v) is 4.28. The minimum atomic E-state index is -0.463. The van der Waals surface area contributed by atoms with Crippen LogP contribution in [0.25, 0.3) is 0 Å². The van der Waals surface area contributed by atoms with E-state index in [1.807, 2.05) is 48.3 Å². The van der Waals surface area contributed by atoms with Crippen LogP contribution < -0.4 is 4.74 Å². The van der Waals surface area contributed by atoms with Crippen molar-refractivity contribution in [1.29, 1.82) is 0 Å². The van der Waals surface area contributed by atoms with Crippen LogP contribution in [0.1, 0.15) is 5.56 Å². The molecule has 2 heterocycles. The molecule has 0 amide bonds. The number of hydrogen-bond donors (Lipinski definition) is 1. The lowest BCUT2D eigenvalue weighted by atomic mass is 10.2. The first-order valence-electron chi connectivity index (χ1n) is 8.47. The van der Waals surface area contributed by atoms with Crippen LogP contribution in [-0.4, -0.2) is 70.1 Å². The molecule has 1 aliphatic heterocycles. The predicted molar refractivity (Wildman–Crippen MR) is 92.9 cm³/mol. The number of aromatic nitrogens is 2. The van der Waals surface area contributed by atoms with E-state index in [0.29, 0.717) is 13.2 Å². The molecule has 130 valence electrons. The molecule has 0 saturated carbocycles. The summed E-state index contributed by atoms with van der Waals surface area (Å²) in [4.78, 5) is 4.74. The van der Waals surface area contributed by atoms with Crippen molar-refractivity contribution in [2.45, 2.75) is 12.6 Å².